The number of anilines is 2. The molecule has 112 valence electrons. The molecule has 0 aliphatic heterocycles. The Balaban J connectivity index is 1.81. The van der Waals surface area contributed by atoms with Crippen molar-refractivity contribution in [1.29, 1.82) is 0 Å². The summed E-state index contributed by atoms with van der Waals surface area (Å²) in [6.07, 6.45) is 0. The standard InChI is InChI=1S/C16H12Cl2N2OS/c1-21-12-5-3-11(4-6-12)19-16-20-15(9-22-16)13-7-2-10(17)8-14(13)18/h2-9H,1H3,(H,19,20). The molecule has 3 nitrogen and oxygen atoms in total. The molecule has 0 fully saturated rings. The number of ether oxygens (including phenoxy) is 1. The van der Waals surface area contributed by atoms with Crippen molar-refractivity contribution in [2.75, 3.05) is 12.4 Å². The minimum absolute atomic E-state index is 0.591. The number of rotatable bonds is 4. The quantitative estimate of drug-likeness (QED) is 0.638. The second kappa shape index (κ2) is 6.57. The number of benzene rings is 2. The van der Waals surface area contributed by atoms with E-state index in [1.165, 1.54) is 11.3 Å². The van der Waals surface area contributed by atoms with Crippen LogP contribution in [0.25, 0.3) is 11.3 Å². The number of halogens is 2. The van der Waals surface area contributed by atoms with Gasteiger partial charge in [0.05, 0.1) is 17.8 Å². The van der Waals surface area contributed by atoms with Gasteiger partial charge in [0.15, 0.2) is 5.13 Å². The van der Waals surface area contributed by atoms with Crippen molar-refractivity contribution >= 4 is 45.4 Å². The topological polar surface area (TPSA) is 34.1 Å². The highest BCUT2D eigenvalue weighted by Crippen LogP contribution is 2.33. The summed E-state index contributed by atoms with van der Waals surface area (Å²) >= 11 is 13.6. The molecule has 3 rings (SSSR count). The summed E-state index contributed by atoms with van der Waals surface area (Å²) in [5.41, 5.74) is 2.64. The highest BCUT2D eigenvalue weighted by Gasteiger charge is 2.09. The second-order valence-corrected chi connectivity index (χ2v) is 6.22. The lowest BCUT2D eigenvalue weighted by Crippen LogP contribution is -1.90. The molecule has 0 saturated carbocycles. The number of aromatic nitrogens is 1. The predicted octanol–water partition coefficient (Wildman–Crippen LogP) is 5.87. The summed E-state index contributed by atoms with van der Waals surface area (Å²) in [7, 11) is 1.64. The maximum atomic E-state index is 6.21. The molecule has 0 radical (unpaired) electrons. The monoisotopic (exact) mass is 350 g/mol. The molecule has 6 heteroatoms. The minimum Gasteiger partial charge on any atom is -0.497 e. The van der Waals surface area contributed by atoms with Crippen LogP contribution in [0.3, 0.4) is 0 Å². The van der Waals surface area contributed by atoms with Crippen LogP contribution in [0, 0.1) is 0 Å². The Morgan fingerprint density at radius 3 is 2.55 bits per heavy atom. The smallest absolute Gasteiger partial charge is 0.187 e. The molecule has 1 heterocycles. The van der Waals surface area contributed by atoms with E-state index in [0.717, 1.165) is 27.8 Å². The van der Waals surface area contributed by atoms with E-state index in [2.05, 4.69) is 10.3 Å². The van der Waals surface area contributed by atoms with Crippen LogP contribution in [0.5, 0.6) is 5.75 Å². The van der Waals surface area contributed by atoms with Crippen molar-refractivity contribution in [2.24, 2.45) is 0 Å². The Hall–Kier alpha value is -1.75. The molecule has 0 spiro atoms. The van der Waals surface area contributed by atoms with Crippen molar-refractivity contribution in [3.8, 4) is 17.0 Å². The van der Waals surface area contributed by atoms with Crippen LogP contribution in [0.4, 0.5) is 10.8 Å². The van der Waals surface area contributed by atoms with Crippen LogP contribution >= 0.6 is 34.5 Å². The molecule has 0 bridgehead atoms. The van der Waals surface area contributed by atoms with Crippen LogP contribution in [0.1, 0.15) is 0 Å². The van der Waals surface area contributed by atoms with Crippen molar-refractivity contribution in [3.63, 3.8) is 0 Å². The zero-order valence-corrected chi connectivity index (χ0v) is 14.0. The lowest BCUT2D eigenvalue weighted by Gasteiger charge is -2.04. The van der Waals surface area contributed by atoms with Gasteiger partial charge in [0.2, 0.25) is 0 Å². The van der Waals surface area contributed by atoms with Gasteiger partial charge in [0, 0.05) is 21.7 Å². The number of nitrogens with one attached hydrogen (secondary N) is 1. The minimum atomic E-state index is 0.591. The highest BCUT2D eigenvalue weighted by molar-refractivity contribution is 7.14. The third-order valence-corrected chi connectivity index (χ3v) is 4.36. The van der Waals surface area contributed by atoms with Crippen LogP contribution in [0.15, 0.2) is 47.8 Å². The normalized spacial score (nSPS) is 10.5. The SMILES string of the molecule is COc1ccc(Nc2nc(-c3ccc(Cl)cc3Cl)cs2)cc1. The molecule has 0 unspecified atom stereocenters. The average molecular weight is 351 g/mol. The summed E-state index contributed by atoms with van der Waals surface area (Å²) < 4.78 is 5.14. The molecule has 22 heavy (non-hydrogen) atoms. The molecule has 0 aliphatic rings. The first-order valence-corrected chi connectivity index (χ1v) is 8.11. The Labute approximate surface area is 142 Å². The van der Waals surface area contributed by atoms with Crippen molar-refractivity contribution in [1.82, 2.24) is 4.98 Å². The largest absolute Gasteiger partial charge is 0.497 e. The van der Waals surface area contributed by atoms with Gasteiger partial charge < -0.3 is 10.1 Å². The van der Waals surface area contributed by atoms with E-state index in [0.29, 0.717) is 10.0 Å². The second-order valence-electron chi connectivity index (χ2n) is 4.52. The lowest BCUT2D eigenvalue weighted by atomic mass is 10.2. The molecule has 0 aliphatic carbocycles. The molecular weight excluding hydrogens is 339 g/mol. The number of nitrogens with zero attached hydrogens (tertiary/aromatic N) is 1. The third kappa shape index (κ3) is 3.35. The van der Waals surface area contributed by atoms with Gasteiger partial charge in [0.1, 0.15) is 5.75 Å². The van der Waals surface area contributed by atoms with E-state index in [1.807, 2.05) is 35.7 Å². The summed E-state index contributed by atoms with van der Waals surface area (Å²) in [6.45, 7) is 0. The average Bonchev–Trinajstić information content (AvgIpc) is 2.96. The molecule has 0 saturated heterocycles. The summed E-state index contributed by atoms with van der Waals surface area (Å²) in [6, 6.07) is 13.1. The third-order valence-electron chi connectivity index (χ3n) is 3.05. The van der Waals surface area contributed by atoms with E-state index in [-0.39, 0.29) is 0 Å². The van der Waals surface area contributed by atoms with Gasteiger partial charge in [-0.2, -0.15) is 0 Å². The predicted molar refractivity (Wildman–Crippen MR) is 93.8 cm³/mol. The zero-order chi connectivity index (χ0) is 15.5. The first-order chi connectivity index (χ1) is 10.7. The van der Waals surface area contributed by atoms with Crippen LogP contribution in [-0.2, 0) is 0 Å². The molecule has 0 amide bonds. The van der Waals surface area contributed by atoms with Gasteiger partial charge >= 0.3 is 0 Å². The Bertz CT molecular complexity index is 787. The Kier molecular flexibility index (Phi) is 4.52. The van der Waals surface area contributed by atoms with Crippen LogP contribution in [0.2, 0.25) is 10.0 Å². The van der Waals surface area contributed by atoms with E-state index < -0.39 is 0 Å². The molecule has 0 atom stereocenters. The van der Waals surface area contributed by atoms with E-state index in [9.17, 15) is 0 Å². The van der Waals surface area contributed by atoms with Crippen molar-refractivity contribution in [2.45, 2.75) is 0 Å². The molecular formula is C16H12Cl2N2OS. The van der Waals surface area contributed by atoms with Gasteiger partial charge in [-0.3, -0.25) is 0 Å². The summed E-state index contributed by atoms with van der Waals surface area (Å²) in [5.74, 6) is 0.818. The fraction of sp³-hybridized carbons (Fsp3) is 0.0625. The van der Waals surface area contributed by atoms with E-state index in [4.69, 9.17) is 27.9 Å². The summed E-state index contributed by atoms with van der Waals surface area (Å²) in [4.78, 5) is 4.56. The molecule has 2 aromatic carbocycles. The van der Waals surface area contributed by atoms with Crippen LogP contribution < -0.4 is 10.1 Å². The highest BCUT2D eigenvalue weighted by atomic mass is 35.5. The van der Waals surface area contributed by atoms with Crippen molar-refractivity contribution < 1.29 is 4.74 Å². The number of hydrogen-bond acceptors (Lipinski definition) is 4. The zero-order valence-electron chi connectivity index (χ0n) is 11.6. The molecule has 1 aromatic heterocycles. The summed E-state index contributed by atoms with van der Waals surface area (Å²) in [5, 5.41) is 7.22. The number of hydrogen-bond donors (Lipinski definition) is 1. The molecule has 1 N–H and O–H groups in total. The van der Waals surface area contributed by atoms with Crippen LogP contribution in [-0.4, -0.2) is 12.1 Å². The fourth-order valence-electron chi connectivity index (χ4n) is 1.95. The van der Waals surface area contributed by atoms with Gasteiger partial charge in [-0.1, -0.05) is 23.2 Å². The Morgan fingerprint density at radius 1 is 1.09 bits per heavy atom. The maximum Gasteiger partial charge on any atom is 0.187 e. The van der Waals surface area contributed by atoms with E-state index in [1.54, 1.807) is 19.2 Å². The first kappa shape index (κ1) is 15.2. The van der Waals surface area contributed by atoms with Gasteiger partial charge in [0.25, 0.3) is 0 Å². The molecule has 3 aromatic rings. The fourth-order valence-corrected chi connectivity index (χ4v) is 3.19. The van der Waals surface area contributed by atoms with E-state index >= 15 is 0 Å². The first-order valence-electron chi connectivity index (χ1n) is 6.48. The maximum absolute atomic E-state index is 6.21. The number of methoxy groups -OCH3 is 1. The van der Waals surface area contributed by atoms with Gasteiger partial charge in [-0.15, -0.1) is 11.3 Å². The number of thiazole rings is 1. The Morgan fingerprint density at radius 2 is 1.86 bits per heavy atom. The lowest BCUT2D eigenvalue weighted by molar-refractivity contribution is 0.415. The van der Waals surface area contributed by atoms with Gasteiger partial charge in [-0.25, -0.2) is 4.98 Å². The van der Waals surface area contributed by atoms with Gasteiger partial charge in [-0.05, 0) is 42.5 Å². The van der Waals surface area contributed by atoms with Crippen molar-refractivity contribution in [3.05, 3.63) is 57.9 Å².